The van der Waals surface area contributed by atoms with Crippen LogP contribution in [0.2, 0.25) is 0 Å². The van der Waals surface area contributed by atoms with Crippen LogP contribution in [0.3, 0.4) is 0 Å². The van der Waals surface area contributed by atoms with Gasteiger partial charge in [-0.1, -0.05) is 30.3 Å². The van der Waals surface area contributed by atoms with E-state index >= 15 is 0 Å². The Balaban J connectivity index is 1.81. The Kier molecular flexibility index (Phi) is 4.59. The third-order valence-corrected chi connectivity index (χ3v) is 4.41. The molecule has 6 heteroatoms. The molecule has 126 valence electrons. The zero-order valence-corrected chi connectivity index (χ0v) is 13.0. The average Bonchev–Trinajstić information content (AvgIpc) is 2.56. The van der Waals surface area contributed by atoms with Crippen molar-refractivity contribution >= 4 is 5.91 Å². The van der Waals surface area contributed by atoms with Crippen LogP contribution in [0.25, 0.3) is 0 Å². The van der Waals surface area contributed by atoms with E-state index in [0.717, 1.165) is 23.3 Å². The molecule has 0 aliphatic carbocycles. The van der Waals surface area contributed by atoms with Gasteiger partial charge >= 0.3 is 0 Å². The van der Waals surface area contributed by atoms with Gasteiger partial charge in [0.1, 0.15) is 0 Å². The maximum atomic E-state index is 13.3. The molecule has 24 heavy (non-hydrogen) atoms. The van der Waals surface area contributed by atoms with Crippen molar-refractivity contribution in [2.45, 2.75) is 25.1 Å². The zero-order chi connectivity index (χ0) is 17.3. The highest BCUT2D eigenvalue weighted by Gasteiger charge is 2.31. The Morgan fingerprint density at radius 2 is 1.92 bits per heavy atom. The van der Waals surface area contributed by atoms with E-state index in [1.54, 1.807) is 4.90 Å². The number of β-amino-alcohol motifs (C(OH)–C–C–N with tert-alkyl or cyclic N) is 1. The summed E-state index contributed by atoms with van der Waals surface area (Å²) in [7, 11) is 0. The fraction of sp³-hybridized carbons (Fsp3) is 0.278. The van der Waals surface area contributed by atoms with Gasteiger partial charge in [-0.15, -0.1) is 0 Å². The molecule has 1 amide bonds. The van der Waals surface area contributed by atoms with Crippen molar-refractivity contribution in [3.63, 3.8) is 0 Å². The van der Waals surface area contributed by atoms with Gasteiger partial charge in [-0.25, -0.2) is 8.78 Å². The number of nitrogens with zero attached hydrogens (tertiary/aromatic N) is 1. The largest absolute Gasteiger partial charge is 0.387 e. The lowest BCUT2D eigenvalue weighted by Crippen LogP contribution is -2.49. The molecule has 0 radical (unpaired) electrons. The third-order valence-electron chi connectivity index (χ3n) is 4.41. The number of fused-ring (bicyclic) bond motifs is 1. The Labute approximate surface area is 138 Å². The molecule has 2 atom stereocenters. The first-order chi connectivity index (χ1) is 11.5. The fourth-order valence-corrected chi connectivity index (χ4v) is 3.10. The van der Waals surface area contributed by atoms with Gasteiger partial charge in [0.15, 0.2) is 11.6 Å². The third kappa shape index (κ3) is 3.29. The summed E-state index contributed by atoms with van der Waals surface area (Å²) >= 11 is 0. The number of hydrogen-bond donors (Lipinski definition) is 2. The number of halogens is 2. The average molecular weight is 332 g/mol. The first-order valence-corrected chi connectivity index (χ1v) is 7.69. The maximum absolute atomic E-state index is 13.3. The second-order valence-electron chi connectivity index (χ2n) is 6.01. The fourth-order valence-electron chi connectivity index (χ4n) is 3.10. The van der Waals surface area contributed by atoms with Crippen molar-refractivity contribution in [2.75, 3.05) is 6.54 Å². The molecule has 4 nitrogen and oxygen atoms in total. The lowest BCUT2D eigenvalue weighted by atomic mass is 9.93. The van der Waals surface area contributed by atoms with Crippen LogP contribution in [-0.2, 0) is 17.8 Å². The molecule has 2 aromatic rings. The van der Waals surface area contributed by atoms with E-state index in [-0.39, 0.29) is 12.1 Å². The van der Waals surface area contributed by atoms with Gasteiger partial charge in [0.25, 0.3) is 0 Å². The molecule has 3 rings (SSSR count). The summed E-state index contributed by atoms with van der Waals surface area (Å²) in [6, 6.07) is 10.5. The highest BCUT2D eigenvalue weighted by molar-refractivity contribution is 5.80. The quantitative estimate of drug-likeness (QED) is 0.899. The van der Waals surface area contributed by atoms with E-state index < -0.39 is 29.7 Å². The van der Waals surface area contributed by atoms with Gasteiger partial charge in [0, 0.05) is 13.1 Å². The lowest BCUT2D eigenvalue weighted by molar-refractivity contribution is -0.124. The first kappa shape index (κ1) is 16.5. The Morgan fingerprint density at radius 3 is 2.58 bits per heavy atom. The number of carbonyl (C=O) groups is 1. The summed E-state index contributed by atoms with van der Waals surface area (Å²) in [6.07, 6.45) is -0.581. The van der Waals surface area contributed by atoms with Gasteiger partial charge in [-0.3, -0.25) is 9.69 Å². The van der Waals surface area contributed by atoms with Crippen molar-refractivity contribution < 1.29 is 18.7 Å². The van der Waals surface area contributed by atoms with E-state index in [2.05, 4.69) is 0 Å². The first-order valence-electron chi connectivity index (χ1n) is 7.69. The van der Waals surface area contributed by atoms with Crippen molar-refractivity contribution in [3.8, 4) is 0 Å². The predicted molar refractivity (Wildman–Crippen MR) is 84.9 cm³/mol. The minimum absolute atomic E-state index is 0.104. The molecule has 1 aliphatic heterocycles. The summed E-state index contributed by atoms with van der Waals surface area (Å²) in [5, 5.41) is 10.4. The second kappa shape index (κ2) is 6.67. The van der Waals surface area contributed by atoms with Crippen molar-refractivity contribution in [3.05, 3.63) is 70.8 Å². The Bertz CT molecular complexity index is 766. The van der Waals surface area contributed by atoms with Crippen molar-refractivity contribution in [2.24, 2.45) is 5.73 Å². The Morgan fingerprint density at radius 1 is 1.21 bits per heavy atom. The molecule has 0 fully saturated rings. The molecular weight excluding hydrogens is 314 g/mol. The number of primary amides is 1. The highest BCUT2D eigenvalue weighted by Crippen LogP contribution is 2.26. The number of carbonyl (C=O) groups excluding carboxylic acids is 1. The van der Waals surface area contributed by atoms with Crippen LogP contribution < -0.4 is 5.73 Å². The number of amides is 1. The van der Waals surface area contributed by atoms with Gasteiger partial charge in [0.2, 0.25) is 5.91 Å². The number of aliphatic hydroxyl groups excluding tert-OH is 1. The normalized spacial score (nSPS) is 18.9. The maximum Gasteiger partial charge on any atom is 0.235 e. The van der Waals surface area contributed by atoms with Crippen LogP contribution in [0.4, 0.5) is 8.78 Å². The van der Waals surface area contributed by atoms with Crippen LogP contribution in [0, 0.1) is 11.6 Å². The molecule has 0 spiro atoms. The van der Waals surface area contributed by atoms with Crippen LogP contribution in [0.5, 0.6) is 0 Å². The topological polar surface area (TPSA) is 66.6 Å². The zero-order valence-electron chi connectivity index (χ0n) is 13.0. The molecular formula is C18H18F2N2O2. The Hall–Kier alpha value is -2.31. The van der Waals surface area contributed by atoms with E-state index in [9.17, 15) is 18.7 Å². The summed E-state index contributed by atoms with van der Waals surface area (Å²) in [4.78, 5) is 13.6. The van der Waals surface area contributed by atoms with E-state index in [1.807, 2.05) is 24.3 Å². The minimum atomic E-state index is -1.05. The number of benzene rings is 2. The molecule has 0 aromatic heterocycles. The van der Waals surface area contributed by atoms with Crippen LogP contribution in [0.15, 0.2) is 42.5 Å². The molecule has 1 aliphatic rings. The summed E-state index contributed by atoms with van der Waals surface area (Å²) in [6.45, 7) is 0.567. The standard InChI is InChI=1S/C18H18F2N2O2/c19-14-6-5-12(7-15(14)20)17(23)10-22-9-13-4-2-1-3-11(13)8-16(22)18(21)24/h1-7,16-17,23H,8-10H2,(H2,21,24)/t16-,17?/m0/s1. The van der Waals surface area contributed by atoms with Gasteiger partial charge in [0.05, 0.1) is 12.1 Å². The molecule has 0 saturated carbocycles. The summed E-state index contributed by atoms with van der Waals surface area (Å²) < 4.78 is 26.4. The number of hydrogen-bond acceptors (Lipinski definition) is 3. The summed E-state index contributed by atoms with van der Waals surface area (Å²) in [5.74, 6) is -2.45. The van der Waals surface area contributed by atoms with Gasteiger partial charge < -0.3 is 10.8 Å². The number of nitrogens with two attached hydrogens (primary N) is 1. The highest BCUT2D eigenvalue weighted by atomic mass is 19.2. The smallest absolute Gasteiger partial charge is 0.235 e. The number of aliphatic hydroxyl groups is 1. The predicted octanol–water partition coefficient (Wildman–Crippen LogP) is 1.91. The molecule has 1 unspecified atom stereocenters. The minimum Gasteiger partial charge on any atom is -0.387 e. The second-order valence-corrected chi connectivity index (χ2v) is 6.01. The van der Waals surface area contributed by atoms with Crippen molar-refractivity contribution in [1.29, 1.82) is 0 Å². The molecule has 2 aromatic carbocycles. The molecule has 0 bridgehead atoms. The SMILES string of the molecule is NC(=O)[C@@H]1Cc2ccccc2CN1CC(O)c1ccc(F)c(F)c1. The molecule has 3 N–H and O–H groups in total. The monoisotopic (exact) mass is 332 g/mol. The molecule has 1 heterocycles. The summed E-state index contributed by atoms with van der Waals surface area (Å²) in [5.41, 5.74) is 7.88. The van der Waals surface area contributed by atoms with Crippen molar-refractivity contribution in [1.82, 2.24) is 4.90 Å². The molecule has 0 saturated heterocycles. The van der Waals surface area contributed by atoms with Crippen LogP contribution >= 0.6 is 0 Å². The van der Waals surface area contributed by atoms with Crippen LogP contribution in [0.1, 0.15) is 22.8 Å². The number of rotatable bonds is 4. The van der Waals surface area contributed by atoms with Gasteiger partial charge in [-0.2, -0.15) is 0 Å². The van der Waals surface area contributed by atoms with E-state index in [4.69, 9.17) is 5.73 Å². The van der Waals surface area contributed by atoms with Gasteiger partial charge in [-0.05, 0) is 35.2 Å². The van der Waals surface area contributed by atoms with E-state index in [1.165, 1.54) is 6.07 Å². The lowest BCUT2D eigenvalue weighted by Gasteiger charge is -2.36. The van der Waals surface area contributed by atoms with Crippen LogP contribution in [-0.4, -0.2) is 28.5 Å². The van der Waals surface area contributed by atoms with E-state index in [0.29, 0.717) is 13.0 Å².